The number of hydrogen-bond acceptors (Lipinski definition) is 2. The number of nitrogens with zero attached hydrogens (tertiary/aromatic N) is 2. The van der Waals surface area contributed by atoms with Crippen molar-refractivity contribution >= 4 is 5.69 Å². The van der Waals surface area contributed by atoms with Gasteiger partial charge in [-0.1, -0.05) is 13.8 Å². The molecule has 1 aliphatic heterocycles. The summed E-state index contributed by atoms with van der Waals surface area (Å²) in [5, 5.41) is 0. The molecule has 0 fully saturated rings. The van der Waals surface area contributed by atoms with Gasteiger partial charge in [-0.15, -0.1) is 0 Å². The highest BCUT2D eigenvalue weighted by Gasteiger charge is 2.22. The minimum Gasteiger partial charge on any atom is -0.367 e. The molecule has 0 saturated carbocycles. The van der Waals surface area contributed by atoms with Crippen molar-refractivity contribution in [3.63, 3.8) is 0 Å². The topological polar surface area (TPSA) is 16.1 Å². The van der Waals surface area contributed by atoms with Crippen LogP contribution < -0.4 is 4.90 Å². The average molecular weight is 232 g/mol. The molecule has 0 saturated heterocycles. The van der Waals surface area contributed by atoms with Gasteiger partial charge in [0.15, 0.2) is 0 Å². The van der Waals surface area contributed by atoms with Gasteiger partial charge < -0.3 is 4.90 Å². The molecule has 0 aromatic carbocycles. The first-order chi connectivity index (χ1) is 8.11. The maximum Gasteiger partial charge on any atom is 0.0639 e. The summed E-state index contributed by atoms with van der Waals surface area (Å²) in [7, 11) is 0. The van der Waals surface area contributed by atoms with Gasteiger partial charge in [0.2, 0.25) is 0 Å². The predicted octanol–water partition coefficient (Wildman–Crippen LogP) is 3.76. The summed E-state index contributed by atoms with van der Waals surface area (Å²) < 4.78 is 0. The third kappa shape index (κ3) is 2.46. The Labute approximate surface area is 105 Å². The molecule has 2 rings (SSSR count). The molecule has 0 unspecified atom stereocenters. The summed E-state index contributed by atoms with van der Waals surface area (Å²) in [5.74, 6) is 0.575. The second-order valence-corrected chi connectivity index (χ2v) is 5.59. The highest BCUT2D eigenvalue weighted by atomic mass is 15.2. The third-order valence-electron chi connectivity index (χ3n) is 3.63. The highest BCUT2D eigenvalue weighted by Crippen LogP contribution is 2.34. The van der Waals surface area contributed by atoms with E-state index in [0.29, 0.717) is 12.0 Å². The second-order valence-electron chi connectivity index (χ2n) is 5.59. The van der Waals surface area contributed by atoms with Crippen LogP contribution in [-0.2, 0) is 6.42 Å². The number of aromatic nitrogens is 1. The van der Waals surface area contributed by atoms with Gasteiger partial charge in [0, 0.05) is 18.8 Å². The van der Waals surface area contributed by atoms with Crippen LogP contribution in [0.5, 0.6) is 0 Å². The Hall–Kier alpha value is -1.05. The molecule has 0 aliphatic carbocycles. The van der Waals surface area contributed by atoms with Gasteiger partial charge in [-0.05, 0) is 50.7 Å². The molecule has 1 aromatic heterocycles. The Morgan fingerprint density at radius 1 is 1.18 bits per heavy atom. The lowest BCUT2D eigenvalue weighted by molar-refractivity contribution is 0.648. The summed E-state index contributed by atoms with van der Waals surface area (Å²) in [6.45, 7) is 10.3. The SMILES string of the molecule is CC(C)c1ccnc2c1N(C(C)C)CCCC2. The lowest BCUT2D eigenvalue weighted by Crippen LogP contribution is -2.32. The largest absolute Gasteiger partial charge is 0.367 e. The normalized spacial score (nSPS) is 16.2. The summed E-state index contributed by atoms with van der Waals surface area (Å²) in [5.41, 5.74) is 4.20. The number of pyridine rings is 1. The average Bonchev–Trinajstić information content (AvgIpc) is 2.50. The molecular formula is C15H24N2. The third-order valence-corrected chi connectivity index (χ3v) is 3.63. The quantitative estimate of drug-likeness (QED) is 0.772. The molecule has 0 atom stereocenters. The van der Waals surface area contributed by atoms with Gasteiger partial charge in [-0.3, -0.25) is 4.98 Å². The van der Waals surface area contributed by atoms with E-state index in [0.717, 1.165) is 6.42 Å². The van der Waals surface area contributed by atoms with Gasteiger partial charge in [-0.2, -0.15) is 0 Å². The zero-order chi connectivity index (χ0) is 12.4. The van der Waals surface area contributed by atoms with Crippen molar-refractivity contribution in [2.75, 3.05) is 11.4 Å². The van der Waals surface area contributed by atoms with E-state index in [-0.39, 0.29) is 0 Å². The van der Waals surface area contributed by atoms with Crippen molar-refractivity contribution in [2.45, 2.75) is 58.9 Å². The fourth-order valence-electron chi connectivity index (χ4n) is 2.70. The molecule has 0 bridgehead atoms. The predicted molar refractivity (Wildman–Crippen MR) is 73.7 cm³/mol. The molecule has 1 aliphatic rings. The summed E-state index contributed by atoms with van der Waals surface area (Å²) in [6.07, 6.45) is 5.67. The molecule has 2 heteroatoms. The number of rotatable bonds is 2. The Morgan fingerprint density at radius 3 is 2.59 bits per heavy atom. The smallest absolute Gasteiger partial charge is 0.0639 e. The molecule has 0 N–H and O–H groups in total. The maximum atomic E-state index is 4.61. The van der Waals surface area contributed by atoms with Crippen LogP contribution in [0.1, 0.15) is 57.7 Å². The van der Waals surface area contributed by atoms with E-state index >= 15 is 0 Å². The Kier molecular flexibility index (Phi) is 3.70. The Balaban J connectivity index is 2.52. The van der Waals surface area contributed by atoms with Crippen LogP contribution in [0.15, 0.2) is 12.3 Å². The molecule has 2 nitrogen and oxygen atoms in total. The molecule has 0 spiro atoms. The summed E-state index contributed by atoms with van der Waals surface area (Å²) >= 11 is 0. The van der Waals surface area contributed by atoms with E-state index in [1.165, 1.54) is 36.3 Å². The van der Waals surface area contributed by atoms with Crippen molar-refractivity contribution in [2.24, 2.45) is 0 Å². The number of fused-ring (bicyclic) bond motifs is 1. The van der Waals surface area contributed by atoms with Crippen molar-refractivity contribution in [1.82, 2.24) is 4.98 Å². The van der Waals surface area contributed by atoms with Gasteiger partial charge in [0.25, 0.3) is 0 Å². The fraction of sp³-hybridized carbons (Fsp3) is 0.667. The van der Waals surface area contributed by atoms with E-state index in [2.05, 4.69) is 43.6 Å². The van der Waals surface area contributed by atoms with Crippen LogP contribution in [0.3, 0.4) is 0 Å². The van der Waals surface area contributed by atoms with E-state index in [1.54, 1.807) is 0 Å². The van der Waals surface area contributed by atoms with Crippen LogP contribution in [0.25, 0.3) is 0 Å². The first-order valence-corrected chi connectivity index (χ1v) is 6.85. The van der Waals surface area contributed by atoms with Gasteiger partial charge in [0.05, 0.1) is 11.4 Å². The van der Waals surface area contributed by atoms with Gasteiger partial charge in [0.1, 0.15) is 0 Å². The highest BCUT2D eigenvalue weighted by molar-refractivity contribution is 5.59. The maximum absolute atomic E-state index is 4.61. The zero-order valence-corrected chi connectivity index (χ0v) is 11.5. The monoisotopic (exact) mass is 232 g/mol. The van der Waals surface area contributed by atoms with E-state index in [4.69, 9.17) is 0 Å². The van der Waals surface area contributed by atoms with E-state index < -0.39 is 0 Å². The zero-order valence-electron chi connectivity index (χ0n) is 11.5. The van der Waals surface area contributed by atoms with Crippen molar-refractivity contribution in [3.8, 4) is 0 Å². The van der Waals surface area contributed by atoms with Crippen LogP contribution >= 0.6 is 0 Å². The Bertz CT molecular complexity index is 383. The minimum atomic E-state index is 0.563. The first kappa shape index (κ1) is 12.4. The second kappa shape index (κ2) is 5.07. The van der Waals surface area contributed by atoms with Crippen LogP contribution in [0.4, 0.5) is 5.69 Å². The van der Waals surface area contributed by atoms with Crippen molar-refractivity contribution < 1.29 is 0 Å². The Morgan fingerprint density at radius 2 is 1.94 bits per heavy atom. The lowest BCUT2D eigenvalue weighted by Gasteiger charge is -2.31. The van der Waals surface area contributed by atoms with Gasteiger partial charge >= 0.3 is 0 Å². The molecular weight excluding hydrogens is 208 g/mol. The molecule has 1 aromatic rings. The first-order valence-electron chi connectivity index (χ1n) is 6.85. The van der Waals surface area contributed by atoms with Crippen molar-refractivity contribution in [3.05, 3.63) is 23.5 Å². The van der Waals surface area contributed by atoms with Crippen molar-refractivity contribution in [1.29, 1.82) is 0 Å². The molecule has 0 amide bonds. The van der Waals surface area contributed by atoms with Crippen LogP contribution in [0, 0.1) is 0 Å². The molecule has 17 heavy (non-hydrogen) atoms. The van der Waals surface area contributed by atoms with E-state index in [1.807, 2.05) is 6.20 Å². The molecule has 0 radical (unpaired) electrons. The van der Waals surface area contributed by atoms with Gasteiger partial charge in [-0.25, -0.2) is 0 Å². The molecule has 2 heterocycles. The molecule has 94 valence electrons. The number of hydrogen-bond donors (Lipinski definition) is 0. The standard InChI is InChI=1S/C15H24N2/c1-11(2)13-8-9-16-14-7-5-6-10-17(12(3)4)15(13)14/h8-9,11-12H,5-7,10H2,1-4H3. The minimum absolute atomic E-state index is 0.563. The number of aryl methyl sites for hydroxylation is 1. The summed E-state index contributed by atoms with van der Waals surface area (Å²) in [6, 6.07) is 2.76. The lowest BCUT2D eigenvalue weighted by atomic mass is 9.99. The van der Waals surface area contributed by atoms with Crippen LogP contribution in [-0.4, -0.2) is 17.6 Å². The van der Waals surface area contributed by atoms with E-state index in [9.17, 15) is 0 Å². The fourth-order valence-corrected chi connectivity index (χ4v) is 2.70. The summed E-state index contributed by atoms with van der Waals surface area (Å²) in [4.78, 5) is 7.16. The number of anilines is 1. The van der Waals surface area contributed by atoms with Crippen LogP contribution in [0.2, 0.25) is 0 Å².